The molecule has 88 valence electrons. The van der Waals surface area contributed by atoms with Crippen LogP contribution in [0.25, 0.3) is 0 Å². The van der Waals surface area contributed by atoms with Crippen molar-refractivity contribution in [1.82, 2.24) is 0 Å². The number of carbonyl (C=O) groups excluding carboxylic acids is 1. The second-order valence-electron chi connectivity index (χ2n) is 4.37. The summed E-state index contributed by atoms with van der Waals surface area (Å²) in [5.74, 6) is -0.0317. The average molecular weight is 284 g/mol. The third kappa shape index (κ3) is 3.97. The standard InChI is InChI=1S/C13H18BrNO/c1-4-5-10-6-8-11(9-7-10)15-12(16)13(2,3)14/h6-9H,4-5H2,1-3H3,(H,15,16). The number of alkyl halides is 1. The number of anilines is 1. The van der Waals surface area contributed by atoms with Crippen molar-refractivity contribution in [3.8, 4) is 0 Å². The molecule has 0 aliphatic carbocycles. The van der Waals surface area contributed by atoms with Crippen LogP contribution in [0, 0.1) is 0 Å². The van der Waals surface area contributed by atoms with Gasteiger partial charge in [0.2, 0.25) is 5.91 Å². The fourth-order valence-corrected chi connectivity index (χ4v) is 1.42. The van der Waals surface area contributed by atoms with Gasteiger partial charge in [-0.05, 0) is 38.0 Å². The smallest absolute Gasteiger partial charge is 0.240 e. The van der Waals surface area contributed by atoms with E-state index >= 15 is 0 Å². The number of nitrogens with one attached hydrogen (secondary N) is 1. The second kappa shape index (κ2) is 5.48. The van der Waals surface area contributed by atoms with Gasteiger partial charge < -0.3 is 5.32 Å². The number of carbonyl (C=O) groups is 1. The lowest BCUT2D eigenvalue weighted by Crippen LogP contribution is -2.30. The van der Waals surface area contributed by atoms with E-state index in [9.17, 15) is 4.79 Å². The van der Waals surface area contributed by atoms with Gasteiger partial charge in [0, 0.05) is 5.69 Å². The van der Waals surface area contributed by atoms with E-state index in [0.29, 0.717) is 0 Å². The van der Waals surface area contributed by atoms with Gasteiger partial charge in [-0.25, -0.2) is 0 Å². The molecule has 0 unspecified atom stereocenters. The molecule has 0 bridgehead atoms. The quantitative estimate of drug-likeness (QED) is 0.838. The van der Waals surface area contributed by atoms with Crippen molar-refractivity contribution >= 4 is 27.5 Å². The van der Waals surface area contributed by atoms with Gasteiger partial charge in [0.05, 0.1) is 4.32 Å². The molecule has 16 heavy (non-hydrogen) atoms. The first-order valence-corrected chi connectivity index (χ1v) is 6.32. The first-order valence-electron chi connectivity index (χ1n) is 5.53. The molecule has 1 amide bonds. The van der Waals surface area contributed by atoms with Crippen LogP contribution in [0.5, 0.6) is 0 Å². The van der Waals surface area contributed by atoms with E-state index in [0.717, 1.165) is 18.5 Å². The summed E-state index contributed by atoms with van der Waals surface area (Å²) in [7, 11) is 0. The molecular formula is C13H18BrNO. The van der Waals surface area contributed by atoms with E-state index < -0.39 is 4.32 Å². The van der Waals surface area contributed by atoms with Crippen molar-refractivity contribution in [1.29, 1.82) is 0 Å². The fraction of sp³-hybridized carbons (Fsp3) is 0.462. The number of rotatable bonds is 4. The molecular weight excluding hydrogens is 266 g/mol. The maximum absolute atomic E-state index is 11.7. The lowest BCUT2D eigenvalue weighted by Gasteiger charge is -2.15. The molecule has 0 aliphatic heterocycles. The first-order chi connectivity index (χ1) is 7.43. The Morgan fingerprint density at radius 2 is 1.88 bits per heavy atom. The van der Waals surface area contributed by atoms with Gasteiger partial charge in [-0.3, -0.25) is 4.79 Å². The summed E-state index contributed by atoms with van der Waals surface area (Å²) in [5, 5.41) is 2.87. The summed E-state index contributed by atoms with van der Waals surface area (Å²) < 4.78 is -0.533. The molecule has 1 aromatic rings. The molecule has 0 fully saturated rings. The zero-order valence-electron chi connectivity index (χ0n) is 10.0. The minimum absolute atomic E-state index is 0.0317. The molecule has 0 aromatic heterocycles. The Kier molecular flexibility index (Phi) is 4.54. The molecule has 2 nitrogen and oxygen atoms in total. The number of hydrogen-bond donors (Lipinski definition) is 1. The van der Waals surface area contributed by atoms with Crippen LogP contribution >= 0.6 is 15.9 Å². The van der Waals surface area contributed by atoms with E-state index in [2.05, 4.69) is 40.3 Å². The normalized spacial score (nSPS) is 11.2. The van der Waals surface area contributed by atoms with Gasteiger partial charge in [0.15, 0.2) is 0 Å². The minimum Gasteiger partial charge on any atom is -0.325 e. The summed E-state index contributed by atoms with van der Waals surface area (Å²) in [5.41, 5.74) is 2.15. The zero-order valence-corrected chi connectivity index (χ0v) is 11.6. The molecule has 0 spiro atoms. The Morgan fingerprint density at radius 3 is 2.31 bits per heavy atom. The minimum atomic E-state index is -0.533. The van der Waals surface area contributed by atoms with Crippen LogP contribution in [0.3, 0.4) is 0 Å². The monoisotopic (exact) mass is 283 g/mol. The first kappa shape index (κ1) is 13.2. The van der Waals surface area contributed by atoms with E-state index in [1.165, 1.54) is 5.56 Å². The maximum atomic E-state index is 11.7. The molecule has 1 N–H and O–H groups in total. The highest BCUT2D eigenvalue weighted by atomic mass is 79.9. The van der Waals surface area contributed by atoms with Crippen LogP contribution < -0.4 is 5.32 Å². The van der Waals surface area contributed by atoms with Crippen molar-refractivity contribution in [3.05, 3.63) is 29.8 Å². The molecule has 0 saturated heterocycles. The Bertz CT molecular complexity index is 351. The summed E-state index contributed by atoms with van der Waals surface area (Å²) >= 11 is 3.33. The SMILES string of the molecule is CCCc1ccc(NC(=O)C(C)(C)Br)cc1. The summed E-state index contributed by atoms with van der Waals surface area (Å²) in [4.78, 5) is 11.7. The highest BCUT2D eigenvalue weighted by molar-refractivity contribution is 9.10. The topological polar surface area (TPSA) is 29.1 Å². The van der Waals surface area contributed by atoms with Crippen LogP contribution in [-0.2, 0) is 11.2 Å². The Morgan fingerprint density at radius 1 is 1.31 bits per heavy atom. The van der Waals surface area contributed by atoms with Gasteiger partial charge in [-0.15, -0.1) is 0 Å². The molecule has 1 rings (SSSR count). The zero-order chi connectivity index (χ0) is 12.2. The third-order valence-corrected chi connectivity index (χ3v) is 2.65. The molecule has 0 radical (unpaired) electrons. The summed E-state index contributed by atoms with van der Waals surface area (Å²) in [6, 6.07) is 8.00. The van der Waals surface area contributed by atoms with Crippen molar-refractivity contribution in [2.24, 2.45) is 0 Å². The Labute approximate surface area is 106 Å². The second-order valence-corrected chi connectivity index (χ2v) is 6.36. The van der Waals surface area contributed by atoms with Crippen LogP contribution in [0.15, 0.2) is 24.3 Å². The number of halogens is 1. The van der Waals surface area contributed by atoms with E-state index in [4.69, 9.17) is 0 Å². The maximum Gasteiger partial charge on any atom is 0.240 e. The lowest BCUT2D eigenvalue weighted by atomic mass is 10.1. The van der Waals surface area contributed by atoms with Crippen LogP contribution in [-0.4, -0.2) is 10.2 Å². The lowest BCUT2D eigenvalue weighted by molar-refractivity contribution is -0.117. The van der Waals surface area contributed by atoms with Crippen LogP contribution in [0.4, 0.5) is 5.69 Å². The summed E-state index contributed by atoms with van der Waals surface area (Å²) in [6.07, 6.45) is 2.22. The Hall–Kier alpha value is -0.830. The summed E-state index contributed by atoms with van der Waals surface area (Å²) in [6.45, 7) is 5.81. The molecule has 0 saturated carbocycles. The molecule has 0 heterocycles. The third-order valence-electron chi connectivity index (χ3n) is 2.29. The van der Waals surface area contributed by atoms with Gasteiger partial charge in [0.25, 0.3) is 0 Å². The number of benzene rings is 1. The van der Waals surface area contributed by atoms with Crippen molar-refractivity contribution in [2.45, 2.75) is 37.9 Å². The van der Waals surface area contributed by atoms with Crippen molar-refractivity contribution in [3.63, 3.8) is 0 Å². The van der Waals surface area contributed by atoms with E-state index in [-0.39, 0.29) is 5.91 Å². The molecule has 1 aromatic carbocycles. The predicted octanol–water partition coefficient (Wildman–Crippen LogP) is 3.75. The number of aryl methyl sites for hydroxylation is 1. The molecule has 3 heteroatoms. The Balaban J connectivity index is 2.65. The fourth-order valence-electron chi connectivity index (χ4n) is 1.32. The van der Waals surface area contributed by atoms with Gasteiger partial charge in [-0.1, -0.05) is 41.4 Å². The van der Waals surface area contributed by atoms with E-state index in [1.54, 1.807) is 0 Å². The molecule has 0 atom stereocenters. The van der Waals surface area contributed by atoms with Gasteiger partial charge in [-0.2, -0.15) is 0 Å². The highest BCUT2D eigenvalue weighted by Crippen LogP contribution is 2.19. The molecule has 0 aliphatic rings. The van der Waals surface area contributed by atoms with Gasteiger partial charge >= 0.3 is 0 Å². The van der Waals surface area contributed by atoms with E-state index in [1.807, 2.05) is 26.0 Å². The van der Waals surface area contributed by atoms with Crippen LogP contribution in [0.1, 0.15) is 32.8 Å². The van der Waals surface area contributed by atoms with Crippen molar-refractivity contribution < 1.29 is 4.79 Å². The highest BCUT2D eigenvalue weighted by Gasteiger charge is 2.23. The average Bonchev–Trinajstić information content (AvgIpc) is 2.20. The number of hydrogen-bond acceptors (Lipinski definition) is 1. The van der Waals surface area contributed by atoms with Crippen LogP contribution in [0.2, 0.25) is 0 Å². The van der Waals surface area contributed by atoms with Crippen molar-refractivity contribution in [2.75, 3.05) is 5.32 Å². The number of amides is 1. The predicted molar refractivity (Wildman–Crippen MR) is 72.1 cm³/mol. The van der Waals surface area contributed by atoms with Gasteiger partial charge in [0.1, 0.15) is 0 Å². The largest absolute Gasteiger partial charge is 0.325 e.